The molecule has 0 spiro atoms. The van der Waals surface area contributed by atoms with Crippen LogP contribution >= 0.6 is 0 Å². The van der Waals surface area contributed by atoms with Crippen LogP contribution in [0.25, 0.3) is 0 Å². The first-order valence-corrected chi connectivity index (χ1v) is 4.78. The predicted octanol–water partition coefficient (Wildman–Crippen LogP) is 2.77. The molecule has 0 radical (unpaired) electrons. The molecule has 1 unspecified atom stereocenters. The van der Waals surface area contributed by atoms with Gasteiger partial charge in [0.15, 0.2) is 0 Å². The highest BCUT2D eigenvalue weighted by Gasteiger charge is 2.09. The minimum absolute atomic E-state index is 0.462. The number of hydrogen-bond donors (Lipinski definition) is 0. The summed E-state index contributed by atoms with van der Waals surface area (Å²) < 4.78 is 0. The molecule has 0 heterocycles. The number of rotatable bonds is 1. The van der Waals surface area contributed by atoms with Crippen molar-refractivity contribution < 1.29 is 0 Å². The van der Waals surface area contributed by atoms with E-state index in [0.29, 0.717) is 6.04 Å². The Bertz CT molecular complexity index is 256. The summed E-state index contributed by atoms with van der Waals surface area (Å²) in [6.07, 6.45) is 10.0. The molecule has 1 heteroatoms. The SMILES string of the molecule is C/C1=C/C=CC(N(C)C)/C(C)=C\C1. The second-order valence-corrected chi connectivity index (χ2v) is 3.96. The van der Waals surface area contributed by atoms with E-state index < -0.39 is 0 Å². The summed E-state index contributed by atoms with van der Waals surface area (Å²) >= 11 is 0. The molecule has 72 valence electrons. The van der Waals surface area contributed by atoms with Crippen LogP contribution in [-0.4, -0.2) is 25.0 Å². The summed E-state index contributed by atoms with van der Waals surface area (Å²) in [6, 6.07) is 0.462. The summed E-state index contributed by atoms with van der Waals surface area (Å²) in [5, 5.41) is 0. The quantitative estimate of drug-likeness (QED) is 0.557. The van der Waals surface area contributed by atoms with Crippen molar-refractivity contribution in [1.29, 1.82) is 0 Å². The minimum atomic E-state index is 0.462. The van der Waals surface area contributed by atoms with E-state index in [9.17, 15) is 0 Å². The summed E-state index contributed by atoms with van der Waals surface area (Å²) in [5.74, 6) is 0. The number of hydrogen-bond acceptors (Lipinski definition) is 1. The Hall–Kier alpha value is -0.820. The van der Waals surface area contributed by atoms with Crippen molar-refractivity contribution in [2.75, 3.05) is 14.1 Å². The van der Waals surface area contributed by atoms with Crippen LogP contribution in [0.2, 0.25) is 0 Å². The molecule has 13 heavy (non-hydrogen) atoms. The van der Waals surface area contributed by atoms with Gasteiger partial charge in [0.1, 0.15) is 0 Å². The molecule has 0 bridgehead atoms. The van der Waals surface area contributed by atoms with Crippen LogP contribution in [0.4, 0.5) is 0 Å². The molecule has 0 aromatic carbocycles. The molecule has 0 N–H and O–H groups in total. The van der Waals surface area contributed by atoms with Crippen LogP contribution in [0.3, 0.4) is 0 Å². The standard InChI is InChI=1S/C12H19N/c1-10-6-5-7-12(13(3)4)11(2)9-8-10/h5-7,9,12H,8H2,1-4H3/b7-5?,10-6-,11-9-. The Morgan fingerprint density at radius 2 is 2.00 bits per heavy atom. The zero-order valence-electron chi connectivity index (χ0n) is 9.04. The third-order valence-corrected chi connectivity index (χ3v) is 2.44. The number of nitrogens with zero attached hydrogens (tertiary/aromatic N) is 1. The van der Waals surface area contributed by atoms with Crippen LogP contribution in [-0.2, 0) is 0 Å². The molecule has 0 aromatic heterocycles. The first kappa shape index (κ1) is 10.3. The number of allylic oxidation sites excluding steroid dienone is 4. The molecular formula is C12H19N. The zero-order chi connectivity index (χ0) is 9.84. The lowest BCUT2D eigenvalue weighted by molar-refractivity contribution is 0.377. The normalized spacial score (nSPS) is 31.6. The first-order chi connectivity index (χ1) is 6.11. The molecule has 0 amide bonds. The Labute approximate surface area is 81.4 Å². The highest BCUT2D eigenvalue weighted by atomic mass is 15.1. The third-order valence-electron chi connectivity index (χ3n) is 2.44. The van der Waals surface area contributed by atoms with E-state index in [0.717, 1.165) is 6.42 Å². The molecule has 0 fully saturated rings. The monoisotopic (exact) mass is 177 g/mol. The molecule has 1 atom stereocenters. The number of likely N-dealkylation sites (N-methyl/N-ethyl adjacent to an activating group) is 1. The van der Waals surface area contributed by atoms with Crippen molar-refractivity contribution in [3.63, 3.8) is 0 Å². The average molecular weight is 177 g/mol. The minimum Gasteiger partial charge on any atom is -0.299 e. The van der Waals surface area contributed by atoms with Crippen molar-refractivity contribution >= 4 is 0 Å². The van der Waals surface area contributed by atoms with Crippen LogP contribution in [0.5, 0.6) is 0 Å². The van der Waals surface area contributed by atoms with Gasteiger partial charge < -0.3 is 0 Å². The van der Waals surface area contributed by atoms with E-state index in [4.69, 9.17) is 0 Å². The van der Waals surface area contributed by atoms with Gasteiger partial charge in [-0.2, -0.15) is 0 Å². The van der Waals surface area contributed by atoms with E-state index in [1.165, 1.54) is 11.1 Å². The molecule has 0 saturated carbocycles. The van der Waals surface area contributed by atoms with Gasteiger partial charge in [-0.1, -0.05) is 35.5 Å². The van der Waals surface area contributed by atoms with Gasteiger partial charge in [0.05, 0.1) is 0 Å². The lowest BCUT2D eigenvalue weighted by atomic mass is 10.0. The molecule has 1 aliphatic rings. The molecular weight excluding hydrogens is 158 g/mol. The van der Waals surface area contributed by atoms with E-state index in [1.54, 1.807) is 0 Å². The van der Waals surface area contributed by atoms with Crippen molar-refractivity contribution in [2.24, 2.45) is 0 Å². The zero-order valence-corrected chi connectivity index (χ0v) is 9.04. The van der Waals surface area contributed by atoms with Crippen molar-refractivity contribution in [2.45, 2.75) is 26.3 Å². The van der Waals surface area contributed by atoms with Gasteiger partial charge in [0, 0.05) is 6.04 Å². The lowest BCUT2D eigenvalue weighted by Crippen LogP contribution is -2.27. The fraction of sp³-hybridized carbons (Fsp3) is 0.500. The Kier molecular flexibility index (Phi) is 3.49. The van der Waals surface area contributed by atoms with Gasteiger partial charge in [-0.25, -0.2) is 0 Å². The van der Waals surface area contributed by atoms with Crippen LogP contribution in [0, 0.1) is 0 Å². The second kappa shape index (κ2) is 4.43. The third kappa shape index (κ3) is 2.85. The molecule has 0 aromatic rings. The van der Waals surface area contributed by atoms with Crippen molar-refractivity contribution in [3.8, 4) is 0 Å². The van der Waals surface area contributed by atoms with Gasteiger partial charge in [0.25, 0.3) is 0 Å². The van der Waals surface area contributed by atoms with E-state index in [2.05, 4.69) is 57.1 Å². The Morgan fingerprint density at radius 1 is 1.31 bits per heavy atom. The molecule has 1 nitrogen and oxygen atoms in total. The fourth-order valence-electron chi connectivity index (χ4n) is 1.57. The molecule has 1 aliphatic carbocycles. The second-order valence-electron chi connectivity index (χ2n) is 3.96. The van der Waals surface area contributed by atoms with E-state index in [-0.39, 0.29) is 0 Å². The predicted molar refractivity (Wildman–Crippen MR) is 58.7 cm³/mol. The maximum Gasteiger partial charge on any atom is 0.0486 e. The van der Waals surface area contributed by atoms with Gasteiger partial charge in [0.2, 0.25) is 0 Å². The summed E-state index contributed by atoms with van der Waals surface area (Å²) in [7, 11) is 4.23. The average Bonchev–Trinajstić information content (AvgIpc) is 2.05. The van der Waals surface area contributed by atoms with Crippen LogP contribution in [0.1, 0.15) is 20.3 Å². The van der Waals surface area contributed by atoms with Gasteiger partial charge >= 0.3 is 0 Å². The largest absolute Gasteiger partial charge is 0.299 e. The topological polar surface area (TPSA) is 3.24 Å². The fourth-order valence-corrected chi connectivity index (χ4v) is 1.57. The first-order valence-electron chi connectivity index (χ1n) is 4.78. The van der Waals surface area contributed by atoms with Gasteiger partial charge in [-0.3, -0.25) is 4.90 Å². The van der Waals surface area contributed by atoms with Crippen LogP contribution < -0.4 is 0 Å². The van der Waals surface area contributed by atoms with Crippen molar-refractivity contribution in [3.05, 3.63) is 35.5 Å². The molecule has 0 aliphatic heterocycles. The Balaban J connectivity index is 2.87. The molecule has 0 saturated heterocycles. The molecule has 1 rings (SSSR count). The summed E-state index contributed by atoms with van der Waals surface area (Å²) in [5.41, 5.74) is 2.86. The van der Waals surface area contributed by atoms with Gasteiger partial charge in [-0.15, -0.1) is 0 Å². The smallest absolute Gasteiger partial charge is 0.0486 e. The van der Waals surface area contributed by atoms with Crippen molar-refractivity contribution in [1.82, 2.24) is 4.90 Å². The summed E-state index contributed by atoms with van der Waals surface area (Å²) in [4.78, 5) is 2.23. The Morgan fingerprint density at radius 3 is 2.62 bits per heavy atom. The van der Waals surface area contributed by atoms with E-state index >= 15 is 0 Å². The highest BCUT2D eigenvalue weighted by Crippen LogP contribution is 2.15. The van der Waals surface area contributed by atoms with Gasteiger partial charge in [-0.05, 0) is 34.4 Å². The highest BCUT2D eigenvalue weighted by molar-refractivity contribution is 5.25. The van der Waals surface area contributed by atoms with E-state index in [1.807, 2.05) is 0 Å². The maximum atomic E-state index is 2.32. The lowest BCUT2D eigenvalue weighted by Gasteiger charge is -2.22. The maximum absolute atomic E-state index is 2.32. The van der Waals surface area contributed by atoms with Crippen LogP contribution in [0.15, 0.2) is 35.5 Å². The summed E-state index contributed by atoms with van der Waals surface area (Å²) in [6.45, 7) is 4.37.